The molecule has 2 saturated heterocycles. The molecule has 2 atom stereocenters. The molecule has 0 aliphatic carbocycles. The molecule has 1 aromatic rings. The Labute approximate surface area is 294 Å². The molecular weight excluding hydrogens is 675 g/mol. The van der Waals surface area contributed by atoms with Crippen LogP contribution in [0, 0.1) is 5.92 Å². The number of likely N-dealkylation sites (tertiary alicyclic amines) is 1. The molecular formula is C33H48Cl2N8O4S. The molecule has 2 unspecified atom stereocenters. The summed E-state index contributed by atoms with van der Waals surface area (Å²) in [5.41, 5.74) is 2.85. The SMILES string of the molecule is CNC(=O)NCC1CCN(CC2=CC(c3cc(Cl)cc(Cl)c3)=NC(OC3=CNC(N4CCN(C(C)CCS(C)(=O)=O)CC4)=NC3)C2)CC1. The molecule has 12 nitrogen and oxygen atoms in total. The number of piperazine rings is 1. The standard InChI is InChI=1S/C33H48Cl2N8O4S/c1-23(6-13-48(3,45)46)42-9-11-43(12-10-42)32-37-20-29(21-38-32)47-31-15-25(14-30(40-31)26-16-27(34)18-28(35)17-26)22-41-7-4-24(5-8-41)19-39-33(44)36-2/h14,16-18,20,23-24,31H,4-13,15,19,21-22H2,1-3H3,(H,37,38)(H2,36,39,44). The van der Waals surface area contributed by atoms with E-state index >= 15 is 0 Å². The maximum Gasteiger partial charge on any atom is 0.314 e. The van der Waals surface area contributed by atoms with E-state index in [2.05, 4.69) is 43.6 Å². The third-order valence-corrected chi connectivity index (χ3v) is 10.7. The van der Waals surface area contributed by atoms with Crippen molar-refractivity contribution in [3.63, 3.8) is 0 Å². The minimum Gasteiger partial charge on any atom is -0.469 e. The average molecular weight is 724 g/mol. The number of urea groups is 1. The minimum atomic E-state index is -2.96. The summed E-state index contributed by atoms with van der Waals surface area (Å²) in [5.74, 6) is 2.22. The monoisotopic (exact) mass is 722 g/mol. The number of piperidine rings is 1. The Kier molecular flexibility index (Phi) is 12.7. The van der Waals surface area contributed by atoms with Crippen molar-refractivity contribution in [1.82, 2.24) is 30.7 Å². The summed E-state index contributed by atoms with van der Waals surface area (Å²) in [6.45, 7) is 9.25. The number of benzene rings is 1. The van der Waals surface area contributed by atoms with Crippen molar-refractivity contribution >= 4 is 50.7 Å². The Morgan fingerprint density at radius 3 is 2.44 bits per heavy atom. The molecule has 4 aliphatic rings. The first-order valence-corrected chi connectivity index (χ1v) is 19.5. The van der Waals surface area contributed by atoms with Gasteiger partial charge < -0.3 is 25.6 Å². The van der Waals surface area contributed by atoms with Crippen LogP contribution < -0.4 is 16.0 Å². The van der Waals surface area contributed by atoms with E-state index in [1.165, 1.54) is 11.8 Å². The van der Waals surface area contributed by atoms with Crippen molar-refractivity contribution < 1.29 is 17.9 Å². The van der Waals surface area contributed by atoms with E-state index < -0.39 is 16.1 Å². The van der Waals surface area contributed by atoms with Crippen LogP contribution >= 0.6 is 23.2 Å². The maximum absolute atomic E-state index is 11.6. The molecule has 4 heterocycles. The molecule has 0 saturated carbocycles. The van der Waals surface area contributed by atoms with Gasteiger partial charge in [-0.3, -0.25) is 9.80 Å². The summed E-state index contributed by atoms with van der Waals surface area (Å²) < 4.78 is 29.6. The van der Waals surface area contributed by atoms with Crippen molar-refractivity contribution in [2.24, 2.45) is 15.9 Å². The lowest BCUT2D eigenvalue weighted by molar-refractivity contribution is 0.113. The van der Waals surface area contributed by atoms with Gasteiger partial charge in [0.05, 0.1) is 11.5 Å². The Hall–Kier alpha value is -2.84. The lowest BCUT2D eigenvalue weighted by atomic mass is 9.95. The van der Waals surface area contributed by atoms with Crippen LogP contribution in [0.2, 0.25) is 10.0 Å². The number of allylic oxidation sites excluding steroid dienone is 1. The Morgan fingerprint density at radius 1 is 1.10 bits per heavy atom. The van der Waals surface area contributed by atoms with Gasteiger partial charge in [0.2, 0.25) is 0 Å². The molecule has 4 aliphatic heterocycles. The number of halogens is 2. The van der Waals surface area contributed by atoms with E-state index in [9.17, 15) is 13.2 Å². The van der Waals surface area contributed by atoms with Crippen LogP contribution in [-0.2, 0) is 14.6 Å². The normalized spacial score (nSPS) is 22.1. The van der Waals surface area contributed by atoms with Crippen molar-refractivity contribution in [2.45, 2.75) is 44.9 Å². The van der Waals surface area contributed by atoms with Crippen LogP contribution in [0.3, 0.4) is 0 Å². The average Bonchev–Trinajstić information content (AvgIpc) is 3.06. The van der Waals surface area contributed by atoms with Gasteiger partial charge in [-0.05, 0) is 75.0 Å². The summed E-state index contributed by atoms with van der Waals surface area (Å²) in [7, 11) is -1.33. The van der Waals surface area contributed by atoms with Gasteiger partial charge in [0, 0.05) is 86.8 Å². The number of hydrogen-bond donors (Lipinski definition) is 3. The summed E-state index contributed by atoms with van der Waals surface area (Å²) in [6, 6.07) is 5.54. The van der Waals surface area contributed by atoms with Crippen LogP contribution in [0.1, 0.15) is 38.2 Å². The van der Waals surface area contributed by atoms with Gasteiger partial charge in [-0.25, -0.2) is 23.2 Å². The number of rotatable bonds is 11. The minimum absolute atomic E-state index is 0.137. The van der Waals surface area contributed by atoms with Gasteiger partial charge in [0.25, 0.3) is 0 Å². The zero-order valence-electron chi connectivity index (χ0n) is 28.1. The Morgan fingerprint density at radius 2 is 1.81 bits per heavy atom. The van der Waals surface area contributed by atoms with Gasteiger partial charge >= 0.3 is 6.03 Å². The van der Waals surface area contributed by atoms with Gasteiger partial charge in [-0.2, -0.15) is 0 Å². The molecule has 0 bridgehead atoms. The number of nitrogens with zero attached hydrogens (tertiary/aromatic N) is 5. The summed E-state index contributed by atoms with van der Waals surface area (Å²) in [5, 5.41) is 9.99. The van der Waals surface area contributed by atoms with Crippen LogP contribution in [0.4, 0.5) is 4.79 Å². The Balaban J connectivity index is 1.16. The number of hydrogen-bond acceptors (Lipinski definition) is 10. The number of nitrogens with one attached hydrogen (secondary N) is 3. The molecule has 0 spiro atoms. The molecule has 0 radical (unpaired) electrons. The zero-order valence-corrected chi connectivity index (χ0v) is 30.4. The van der Waals surface area contributed by atoms with E-state index in [1.54, 1.807) is 13.1 Å². The van der Waals surface area contributed by atoms with E-state index in [-0.39, 0.29) is 17.8 Å². The van der Waals surface area contributed by atoms with E-state index in [0.29, 0.717) is 41.9 Å². The number of guanidine groups is 1. The third-order valence-electron chi connectivity index (χ3n) is 9.31. The van der Waals surface area contributed by atoms with Crippen LogP contribution in [0.25, 0.3) is 0 Å². The highest BCUT2D eigenvalue weighted by Crippen LogP contribution is 2.27. The molecule has 48 heavy (non-hydrogen) atoms. The lowest BCUT2D eigenvalue weighted by Crippen LogP contribution is -2.54. The molecule has 2 amide bonds. The fourth-order valence-corrected chi connectivity index (χ4v) is 7.78. The second kappa shape index (κ2) is 16.7. The summed E-state index contributed by atoms with van der Waals surface area (Å²) >= 11 is 12.7. The summed E-state index contributed by atoms with van der Waals surface area (Å²) in [4.78, 5) is 28.4. The highest BCUT2D eigenvalue weighted by molar-refractivity contribution is 7.90. The molecule has 2 fully saturated rings. The number of aliphatic imine (C=N–C) groups is 2. The highest BCUT2D eigenvalue weighted by atomic mass is 35.5. The quantitative estimate of drug-likeness (QED) is 0.317. The number of ether oxygens (including phenoxy) is 1. The van der Waals surface area contributed by atoms with Crippen LogP contribution in [0.5, 0.6) is 0 Å². The van der Waals surface area contributed by atoms with Crippen molar-refractivity contribution in [3.05, 3.63) is 57.4 Å². The molecule has 5 rings (SSSR count). The highest BCUT2D eigenvalue weighted by Gasteiger charge is 2.27. The first-order valence-electron chi connectivity index (χ1n) is 16.7. The van der Waals surface area contributed by atoms with Gasteiger partial charge in [0.15, 0.2) is 12.2 Å². The van der Waals surface area contributed by atoms with Gasteiger partial charge in [-0.1, -0.05) is 23.2 Å². The van der Waals surface area contributed by atoms with Crippen molar-refractivity contribution in [1.29, 1.82) is 0 Å². The third kappa shape index (κ3) is 10.8. The first kappa shape index (κ1) is 36.4. The number of carbonyl (C=O) groups is 1. The van der Waals surface area contributed by atoms with Crippen molar-refractivity contribution in [3.8, 4) is 0 Å². The molecule has 264 valence electrons. The number of sulfone groups is 1. The largest absolute Gasteiger partial charge is 0.469 e. The number of dihydropyridines is 1. The smallest absolute Gasteiger partial charge is 0.314 e. The fraction of sp³-hybridized carbons (Fsp3) is 0.606. The van der Waals surface area contributed by atoms with Crippen LogP contribution in [0.15, 0.2) is 51.8 Å². The molecule has 1 aromatic carbocycles. The second-order valence-corrected chi connectivity index (χ2v) is 16.2. The summed E-state index contributed by atoms with van der Waals surface area (Å²) in [6.07, 6.45) is 8.23. The first-order chi connectivity index (χ1) is 22.9. The molecule has 15 heteroatoms. The van der Waals surface area contributed by atoms with E-state index in [4.69, 9.17) is 37.9 Å². The van der Waals surface area contributed by atoms with Gasteiger partial charge in [-0.15, -0.1) is 0 Å². The van der Waals surface area contributed by atoms with Gasteiger partial charge in [0.1, 0.15) is 22.1 Å². The number of amides is 2. The number of carbonyl (C=O) groups excluding carboxylic acids is 1. The zero-order chi connectivity index (χ0) is 34.3. The van der Waals surface area contributed by atoms with Crippen molar-refractivity contribution in [2.75, 3.05) is 78.0 Å². The van der Waals surface area contributed by atoms with Crippen LogP contribution in [-0.4, -0.2) is 131 Å². The second-order valence-electron chi connectivity index (χ2n) is 13.1. The van der Waals surface area contributed by atoms with E-state index in [1.807, 2.05) is 18.3 Å². The fourth-order valence-electron chi connectivity index (χ4n) is 6.48. The van der Waals surface area contributed by atoms with E-state index in [0.717, 1.165) is 81.6 Å². The predicted molar refractivity (Wildman–Crippen MR) is 193 cm³/mol. The topological polar surface area (TPSA) is 131 Å². The molecule has 0 aromatic heterocycles. The maximum atomic E-state index is 11.6. The predicted octanol–water partition coefficient (Wildman–Crippen LogP) is 3.34. The Bertz CT molecular complexity index is 1510. The molecule has 3 N–H and O–H groups in total. The lowest BCUT2D eigenvalue weighted by Gasteiger charge is -2.39.